The summed E-state index contributed by atoms with van der Waals surface area (Å²) in [5, 5.41) is 0. The van der Waals surface area contributed by atoms with Crippen LogP contribution in [-0.4, -0.2) is 38.3 Å². The van der Waals surface area contributed by atoms with Crippen LogP contribution in [0.4, 0.5) is 0 Å². The van der Waals surface area contributed by atoms with Gasteiger partial charge in [-0.1, -0.05) is 24.3 Å². The second-order valence-electron chi connectivity index (χ2n) is 5.80. The molecule has 18 heavy (non-hydrogen) atoms. The largest absolute Gasteiger partial charge is 0.379 e. The molecular formula is C15H22N2O. The molecule has 0 radical (unpaired) electrons. The number of nitrogens with zero attached hydrogens (tertiary/aromatic N) is 1. The van der Waals surface area contributed by atoms with Crippen molar-refractivity contribution in [1.29, 1.82) is 0 Å². The molecule has 1 aromatic carbocycles. The molecular weight excluding hydrogens is 224 g/mol. The molecule has 2 N–H and O–H groups in total. The molecule has 2 heterocycles. The van der Waals surface area contributed by atoms with Crippen LogP contribution in [0.2, 0.25) is 0 Å². The van der Waals surface area contributed by atoms with Crippen LogP contribution < -0.4 is 5.73 Å². The first-order valence-corrected chi connectivity index (χ1v) is 6.80. The van der Waals surface area contributed by atoms with Gasteiger partial charge in [-0.15, -0.1) is 0 Å². The molecule has 2 fully saturated rings. The quantitative estimate of drug-likeness (QED) is 0.875. The SMILES string of the molecule is CN1CCC(C2(c3cccc(CN)c3)COC2)C1. The average Bonchev–Trinajstić information content (AvgIpc) is 2.75. The Hall–Kier alpha value is -0.900. The average molecular weight is 246 g/mol. The molecule has 0 saturated carbocycles. The summed E-state index contributed by atoms with van der Waals surface area (Å²) in [6.45, 7) is 4.77. The lowest BCUT2D eigenvalue weighted by Crippen LogP contribution is -2.53. The minimum absolute atomic E-state index is 0.246. The Bertz CT molecular complexity index is 428. The van der Waals surface area contributed by atoms with Gasteiger partial charge in [0.25, 0.3) is 0 Å². The maximum atomic E-state index is 5.76. The molecule has 1 atom stereocenters. The Morgan fingerprint density at radius 1 is 1.44 bits per heavy atom. The van der Waals surface area contributed by atoms with Crippen molar-refractivity contribution in [3.05, 3.63) is 35.4 Å². The first-order chi connectivity index (χ1) is 8.74. The van der Waals surface area contributed by atoms with Crippen molar-refractivity contribution in [1.82, 2.24) is 4.90 Å². The maximum Gasteiger partial charge on any atom is 0.0588 e. The Morgan fingerprint density at radius 3 is 2.83 bits per heavy atom. The molecule has 2 aliphatic heterocycles. The zero-order valence-electron chi connectivity index (χ0n) is 11.1. The molecule has 1 aromatic rings. The first kappa shape index (κ1) is 12.2. The van der Waals surface area contributed by atoms with Gasteiger partial charge < -0.3 is 15.4 Å². The fraction of sp³-hybridized carbons (Fsp3) is 0.600. The number of nitrogens with two attached hydrogens (primary N) is 1. The number of ether oxygens (including phenoxy) is 1. The normalized spacial score (nSPS) is 27.1. The summed E-state index contributed by atoms with van der Waals surface area (Å²) in [6, 6.07) is 8.77. The van der Waals surface area contributed by atoms with E-state index in [0.29, 0.717) is 6.54 Å². The predicted molar refractivity (Wildman–Crippen MR) is 72.4 cm³/mol. The minimum Gasteiger partial charge on any atom is -0.379 e. The predicted octanol–water partition coefficient (Wildman–Crippen LogP) is 1.37. The van der Waals surface area contributed by atoms with E-state index in [1.807, 2.05) is 0 Å². The zero-order chi connectivity index (χ0) is 12.6. The number of benzene rings is 1. The van der Waals surface area contributed by atoms with Gasteiger partial charge in [0.15, 0.2) is 0 Å². The van der Waals surface area contributed by atoms with Crippen molar-refractivity contribution < 1.29 is 4.74 Å². The zero-order valence-corrected chi connectivity index (χ0v) is 11.1. The van der Waals surface area contributed by atoms with Crippen molar-refractivity contribution in [2.24, 2.45) is 11.7 Å². The van der Waals surface area contributed by atoms with Gasteiger partial charge in [-0.25, -0.2) is 0 Å². The maximum absolute atomic E-state index is 5.76. The van der Waals surface area contributed by atoms with Crippen LogP contribution >= 0.6 is 0 Å². The van der Waals surface area contributed by atoms with Gasteiger partial charge in [0, 0.05) is 18.5 Å². The fourth-order valence-electron chi connectivity index (χ4n) is 3.35. The van der Waals surface area contributed by atoms with E-state index in [9.17, 15) is 0 Å². The van der Waals surface area contributed by atoms with Gasteiger partial charge in [0.2, 0.25) is 0 Å². The summed E-state index contributed by atoms with van der Waals surface area (Å²) >= 11 is 0. The first-order valence-electron chi connectivity index (χ1n) is 6.80. The van der Waals surface area contributed by atoms with Crippen molar-refractivity contribution in [3.8, 4) is 0 Å². The van der Waals surface area contributed by atoms with Crippen LogP contribution in [-0.2, 0) is 16.7 Å². The lowest BCUT2D eigenvalue weighted by Gasteiger charge is -2.46. The van der Waals surface area contributed by atoms with Crippen molar-refractivity contribution in [2.45, 2.75) is 18.4 Å². The van der Waals surface area contributed by atoms with Gasteiger partial charge >= 0.3 is 0 Å². The van der Waals surface area contributed by atoms with Crippen LogP contribution in [0.5, 0.6) is 0 Å². The van der Waals surface area contributed by atoms with Gasteiger partial charge in [0.05, 0.1) is 13.2 Å². The smallest absolute Gasteiger partial charge is 0.0588 e. The van der Waals surface area contributed by atoms with E-state index in [2.05, 4.69) is 36.2 Å². The van der Waals surface area contributed by atoms with Gasteiger partial charge in [-0.2, -0.15) is 0 Å². The molecule has 3 rings (SSSR count). The van der Waals surface area contributed by atoms with Crippen molar-refractivity contribution >= 4 is 0 Å². The van der Waals surface area contributed by atoms with E-state index < -0.39 is 0 Å². The van der Waals surface area contributed by atoms with Crippen LogP contribution in [0, 0.1) is 5.92 Å². The van der Waals surface area contributed by atoms with Crippen LogP contribution in [0.3, 0.4) is 0 Å². The number of likely N-dealkylation sites (tertiary alicyclic amines) is 1. The molecule has 0 spiro atoms. The van der Waals surface area contributed by atoms with E-state index in [1.165, 1.54) is 30.6 Å². The summed E-state index contributed by atoms with van der Waals surface area (Å²) in [7, 11) is 2.21. The van der Waals surface area contributed by atoms with Gasteiger partial charge in [0.1, 0.15) is 0 Å². The third-order valence-corrected chi connectivity index (χ3v) is 4.63. The van der Waals surface area contributed by atoms with E-state index in [4.69, 9.17) is 10.5 Å². The Morgan fingerprint density at radius 2 is 2.28 bits per heavy atom. The van der Waals surface area contributed by atoms with Crippen LogP contribution in [0.25, 0.3) is 0 Å². The summed E-state index contributed by atoms with van der Waals surface area (Å²) in [4.78, 5) is 2.43. The highest BCUT2D eigenvalue weighted by atomic mass is 16.5. The lowest BCUT2D eigenvalue weighted by atomic mass is 9.68. The molecule has 3 nitrogen and oxygen atoms in total. The summed E-state index contributed by atoms with van der Waals surface area (Å²) in [6.07, 6.45) is 1.28. The molecule has 2 saturated heterocycles. The van der Waals surface area contributed by atoms with E-state index >= 15 is 0 Å². The second kappa shape index (κ2) is 4.65. The highest BCUT2D eigenvalue weighted by Crippen LogP contribution is 2.43. The summed E-state index contributed by atoms with van der Waals surface area (Å²) in [5.74, 6) is 0.726. The topological polar surface area (TPSA) is 38.5 Å². The molecule has 2 aliphatic rings. The molecule has 0 aromatic heterocycles. The number of rotatable bonds is 3. The molecule has 3 heteroatoms. The standard InChI is InChI=1S/C15H22N2O/c1-17-6-5-14(9-17)15(10-18-11-15)13-4-2-3-12(7-13)8-16/h2-4,7,14H,5-6,8-11,16H2,1H3. The summed E-state index contributed by atoms with van der Waals surface area (Å²) in [5.41, 5.74) is 8.66. The summed E-state index contributed by atoms with van der Waals surface area (Å²) < 4.78 is 5.56. The monoisotopic (exact) mass is 246 g/mol. The minimum atomic E-state index is 0.246. The third kappa shape index (κ3) is 1.87. The molecule has 1 unspecified atom stereocenters. The molecule has 0 bridgehead atoms. The van der Waals surface area contributed by atoms with Crippen LogP contribution in [0.15, 0.2) is 24.3 Å². The Balaban J connectivity index is 1.90. The fourth-order valence-corrected chi connectivity index (χ4v) is 3.35. The van der Waals surface area contributed by atoms with Crippen molar-refractivity contribution in [3.63, 3.8) is 0 Å². The van der Waals surface area contributed by atoms with Crippen molar-refractivity contribution in [2.75, 3.05) is 33.4 Å². The Labute approximate surface area is 109 Å². The van der Waals surface area contributed by atoms with Gasteiger partial charge in [-0.05, 0) is 37.1 Å². The van der Waals surface area contributed by atoms with Crippen LogP contribution in [0.1, 0.15) is 17.5 Å². The lowest BCUT2D eigenvalue weighted by molar-refractivity contribution is -0.0883. The number of hydrogen-bond acceptors (Lipinski definition) is 3. The molecule has 0 aliphatic carbocycles. The van der Waals surface area contributed by atoms with Gasteiger partial charge in [-0.3, -0.25) is 0 Å². The highest BCUT2D eigenvalue weighted by molar-refractivity contribution is 5.33. The Kier molecular flexibility index (Phi) is 3.14. The molecule has 0 amide bonds. The number of hydrogen-bond donors (Lipinski definition) is 1. The second-order valence-corrected chi connectivity index (χ2v) is 5.80. The van der Waals surface area contributed by atoms with E-state index in [-0.39, 0.29) is 5.41 Å². The van der Waals surface area contributed by atoms with E-state index in [1.54, 1.807) is 0 Å². The molecule has 98 valence electrons. The van der Waals surface area contributed by atoms with E-state index in [0.717, 1.165) is 19.1 Å². The third-order valence-electron chi connectivity index (χ3n) is 4.63. The highest BCUT2D eigenvalue weighted by Gasteiger charge is 2.48.